The zero-order valence-electron chi connectivity index (χ0n) is 8.16. The van der Waals surface area contributed by atoms with E-state index in [0.29, 0.717) is 11.3 Å². The molecular formula is C11H6N4O. The number of hydrogen-bond donors (Lipinski definition) is 0. The first-order chi connectivity index (χ1) is 7.84. The SMILES string of the molecule is O=C1N=NC=C1c1ccc2cnccc2n1. The summed E-state index contributed by atoms with van der Waals surface area (Å²) >= 11 is 0. The van der Waals surface area contributed by atoms with E-state index >= 15 is 0 Å². The van der Waals surface area contributed by atoms with E-state index in [2.05, 4.69) is 20.2 Å². The highest BCUT2D eigenvalue weighted by Crippen LogP contribution is 2.21. The second kappa shape index (κ2) is 3.30. The summed E-state index contributed by atoms with van der Waals surface area (Å²) in [7, 11) is 0. The number of rotatable bonds is 1. The van der Waals surface area contributed by atoms with Gasteiger partial charge in [0.1, 0.15) is 0 Å². The van der Waals surface area contributed by atoms with Gasteiger partial charge in [-0.3, -0.25) is 9.78 Å². The number of carbonyl (C=O) groups is 1. The molecule has 1 amide bonds. The number of fused-ring (bicyclic) bond motifs is 1. The van der Waals surface area contributed by atoms with Gasteiger partial charge < -0.3 is 0 Å². The Morgan fingerprint density at radius 1 is 1.12 bits per heavy atom. The van der Waals surface area contributed by atoms with Crippen LogP contribution in [-0.4, -0.2) is 15.9 Å². The number of pyridine rings is 2. The molecule has 3 heterocycles. The van der Waals surface area contributed by atoms with Crippen LogP contribution in [0.3, 0.4) is 0 Å². The van der Waals surface area contributed by atoms with Crippen molar-refractivity contribution in [2.75, 3.05) is 0 Å². The van der Waals surface area contributed by atoms with E-state index in [9.17, 15) is 4.79 Å². The first-order valence-electron chi connectivity index (χ1n) is 4.71. The van der Waals surface area contributed by atoms with Crippen molar-refractivity contribution >= 4 is 22.4 Å². The van der Waals surface area contributed by atoms with Crippen molar-refractivity contribution in [3.63, 3.8) is 0 Å². The molecule has 0 aromatic carbocycles. The number of amides is 1. The molecule has 1 aliphatic rings. The summed E-state index contributed by atoms with van der Waals surface area (Å²) in [5, 5.41) is 7.91. The number of carbonyl (C=O) groups excluding carboxylic acids is 1. The third-order valence-electron chi connectivity index (χ3n) is 2.33. The number of aromatic nitrogens is 2. The fourth-order valence-corrected chi connectivity index (χ4v) is 1.54. The van der Waals surface area contributed by atoms with E-state index in [1.54, 1.807) is 24.5 Å². The molecule has 0 saturated heterocycles. The van der Waals surface area contributed by atoms with Crippen molar-refractivity contribution in [3.8, 4) is 0 Å². The van der Waals surface area contributed by atoms with Crippen LogP contribution < -0.4 is 0 Å². The van der Waals surface area contributed by atoms with Crippen LogP contribution in [0.4, 0.5) is 0 Å². The lowest BCUT2D eigenvalue weighted by molar-refractivity contribution is -0.112. The molecule has 0 unspecified atom stereocenters. The average Bonchev–Trinajstić information content (AvgIpc) is 2.75. The van der Waals surface area contributed by atoms with E-state index in [-0.39, 0.29) is 5.91 Å². The Hall–Kier alpha value is -2.43. The van der Waals surface area contributed by atoms with Crippen LogP contribution in [0, 0.1) is 0 Å². The predicted octanol–water partition coefficient (Wildman–Crippen LogP) is 1.96. The molecule has 0 radical (unpaired) electrons. The largest absolute Gasteiger partial charge is 0.299 e. The molecule has 0 aliphatic carbocycles. The maximum absolute atomic E-state index is 11.3. The molecule has 5 heteroatoms. The normalized spacial score (nSPS) is 14.5. The average molecular weight is 210 g/mol. The molecule has 0 bridgehead atoms. The highest BCUT2D eigenvalue weighted by molar-refractivity contribution is 6.20. The van der Waals surface area contributed by atoms with Crippen LogP contribution in [-0.2, 0) is 4.79 Å². The van der Waals surface area contributed by atoms with Crippen LogP contribution in [0.25, 0.3) is 16.5 Å². The van der Waals surface area contributed by atoms with Crippen LogP contribution >= 0.6 is 0 Å². The van der Waals surface area contributed by atoms with Gasteiger partial charge in [0.15, 0.2) is 0 Å². The monoisotopic (exact) mass is 210 g/mol. The Bertz CT molecular complexity index is 645. The van der Waals surface area contributed by atoms with E-state index in [0.717, 1.165) is 10.9 Å². The van der Waals surface area contributed by atoms with Crippen molar-refractivity contribution in [2.45, 2.75) is 0 Å². The summed E-state index contributed by atoms with van der Waals surface area (Å²) in [6.45, 7) is 0. The minimum atomic E-state index is -0.346. The molecule has 5 nitrogen and oxygen atoms in total. The van der Waals surface area contributed by atoms with Crippen molar-refractivity contribution in [2.24, 2.45) is 10.2 Å². The summed E-state index contributed by atoms with van der Waals surface area (Å²) in [5.74, 6) is -0.346. The lowest BCUT2D eigenvalue weighted by Crippen LogP contribution is -1.96. The Labute approximate surface area is 90.6 Å². The van der Waals surface area contributed by atoms with Crippen molar-refractivity contribution < 1.29 is 4.79 Å². The number of nitrogens with zero attached hydrogens (tertiary/aromatic N) is 4. The highest BCUT2D eigenvalue weighted by atomic mass is 16.2. The Morgan fingerprint density at radius 3 is 2.88 bits per heavy atom. The van der Waals surface area contributed by atoms with Gasteiger partial charge in [0.2, 0.25) is 0 Å². The number of hydrogen-bond acceptors (Lipinski definition) is 4. The summed E-state index contributed by atoms with van der Waals surface area (Å²) in [6.07, 6.45) is 4.82. The van der Waals surface area contributed by atoms with Crippen molar-refractivity contribution in [3.05, 3.63) is 42.5 Å². The minimum Gasteiger partial charge on any atom is -0.265 e. The summed E-state index contributed by atoms with van der Waals surface area (Å²) < 4.78 is 0. The topological polar surface area (TPSA) is 67.6 Å². The highest BCUT2D eigenvalue weighted by Gasteiger charge is 2.16. The van der Waals surface area contributed by atoms with Gasteiger partial charge in [-0.15, -0.1) is 5.11 Å². The van der Waals surface area contributed by atoms with Gasteiger partial charge >= 0.3 is 0 Å². The molecule has 0 N–H and O–H groups in total. The molecule has 1 aliphatic heterocycles. The maximum Gasteiger partial charge on any atom is 0.299 e. The molecule has 0 saturated carbocycles. The standard InChI is InChI=1S/C11H6N4O/c16-11-8(6-13-15-11)10-2-1-7-5-12-4-3-9(7)14-10/h1-6H. The van der Waals surface area contributed by atoms with E-state index in [1.807, 2.05) is 6.07 Å². The van der Waals surface area contributed by atoms with Crippen molar-refractivity contribution in [1.29, 1.82) is 0 Å². The van der Waals surface area contributed by atoms with Crippen LogP contribution in [0.15, 0.2) is 47.0 Å². The quantitative estimate of drug-likeness (QED) is 0.722. The zero-order valence-corrected chi connectivity index (χ0v) is 8.16. The molecular weight excluding hydrogens is 204 g/mol. The zero-order chi connectivity index (χ0) is 11.0. The van der Waals surface area contributed by atoms with Gasteiger partial charge in [0.05, 0.1) is 23.0 Å². The van der Waals surface area contributed by atoms with Crippen molar-refractivity contribution in [1.82, 2.24) is 9.97 Å². The van der Waals surface area contributed by atoms with Crippen LogP contribution in [0.1, 0.15) is 5.69 Å². The Balaban J connectivity index is 2.16. The van der Waals surface area contributed by atoms with Gasteiger partial charge in [0, 0.05) is 17.8 Å². The summed E-state index contributed by atoms with van der Waals surface area (Å²) in [6, 6.07) is 5.44. The first kappa shape index (κ1) is 8.84. The molecule has 76 valence electrons. The maximum atomic E-state index is 11.3. The third kappa shape index (κ3) is 1.30. The first-order valence-corrected chi connectivity index (χ1v) is 4.71. The summed E-state index contributed by atoms with van der Waals surface area (Å²) in [4.78, 5) is 19.7. The molecule has 2 aromatic heterocycles. The van der Waals surface area contributed by atoms with Gasteiger partial charge in [-0.1, -0.05) is 0 Å². The fraction of sp³-hybridized carbons (Fsp3) is 0. The number of azo groups is 1. The second-order valence-electron chi connectivity index (χ2n) is 3.33. The lowest BCUT2D eigenvalue weighted by atomic mass is 10.1. The molecule has 0 spiro atoms. The fourth-order valence-electron chi connectivity index (χ4n) is 1.54. The minimum absolute atomic E-state index is 0.346. The molecule has 16 heavy (non-hydrogen) atoms. The van der Waals surface area contributed by atoms with Gasteiger partial charge in [-0.2, -0.15) is 5.11 Å². The van der Waals surface area contributed by atoms with E-state index in [1.165, 1.54) is 6.20 Å². The Morgan fingerprint density at radius 2 is 2.06 bits per heavy atom. The molecule has 2 aromatic rings. The van der Waals surface area contributed by atoms with Crippen LogP contribution in [0.5, 0.6) is 0 Å². The van der Waals surface area contributed by atoms with E-state index in [4.69, 9.17) is 0 Å². The van der Waals surface area contributed by atoms with Gasteiger partial charge in [-0.25, -0.2) is 4.98 Å². The third-order valence-corrected chi connectivity index (χ3v) is 2.33. The Kier molecular flexibility index (Phi) is 1.83. The molecule has 3 rings (SSSR count). The lowest BCUT2D eigenvalue weighted by Gasteiger charge is -2.00. The predicted molar refractivity (Wildman–Crippen MR) is 57.4 cm³/mol. The molecule has 0 atom stereocenters. The van der Waals surface area contributed by atoms with Crippen LogP contribution in [0.2, 0.25) is 0 Å². The van der Waals surface area contributed by atoms with Gasteiger partial charge in [-0.05, 0) is 18.2 Å². The summed E-state index contributed by atoms with van der Waals surface area (Å²) in [5.41, 5.74) is 1.82. The smallest absolute Gasteiger partial charge is 0.265 e. The van der Waals surface area contributed by atoms with E-state index < -0.39 is 0 Å². The van der Waals surface area contributed by atoms with Gasteiger partial charge in [0.25, 0.3) is 5.91 Å². The second-order valence-corrected chi connectivity index (χ2v) is 3.33. The molecule has 0 fully saturated rings.